The van der Waals surface area contributed by atoms with E-state index in [1.807, 2.05) is 35.8 Å². The third-order valence-electron chi connectivity index (χ3n) is 3.75. The van der Waals surface area contributed by atoms with Gasteiger partial charge in [-0.05, 0) is 30.7 Å². The lowest BCUT2D eigenvalue weighted by atomic mass is 10.2. The number of aliphatic hydroxyl groups is 1. The second-order valence-corrected chi connectivity index (χ2v) is 5.58. The number of fused-ring (bicyclic) bond motifs is 1. The Kier molecular flexibility index (Phi) is 4.14. The summed E-state index contributed by atoms with van der Waals surface area (Å²) in [6.45, 7) is 2.11. The zero-order chi connectivity index (χ0) is 15.7. The first kappa shape index (κ1) is 15.0. The molecular formula is C17H16ClFN2O. The van der Waals surface area contributed by atoms with Gasteiger partial charge in [0.15, 0.2) is 0 Å². The number of aromatic nitrogens is 2. The van der Waals surface area contributed by atoms with Crippen LogP contribution < -0.4 is 0 Å². The Morgan fingerprint density at radius 3 is 2.73 bits per heavy atom. The highest BCUT2D eigenvalue weighted by Crippen LogP contribution is 2.27. The Hall–Kier alpha value is -1.91. The summed E-state index contributed by atoms with van der Waals surface area (Å²) in [5.41, 5.74) is 2.03. The minimum absolute atomic E-state index is 0.235. The van der Waals surface area contributed by atoms with Crippen LogP contribution in [0.3, 0.4) is 0 Å². The Morgan fingerprint density at radius 2 is 2.00 bits per heavy atom. The number of imidazole rings is 1. The minimum atomic E-state index is -0.696. The maximum absolute atomic E-state index is 14.1. The van der Waals surface area contributed by atoms with Gasteiger partial charge in [0.05, 0.1) is 17.6 Å². The van der Waals surface area contributed by atoms with Crippen LogP contribution in [0.2, 0.25) is 5.02 Å². The minimum Gasteiger partial charge on any atom is -0.385 e. The molecule has 0 aliphatic rings. The normalized spacial score (nSPS) is 12.7. The SMILES string of the molecule is CC[C@H](O)c1nc2ccccc2n1Cc1c(F)cccc1Cl. The fourth-order valence-electron chi connectivity index (χ4n) is 2.54. The van der Waals surface area contributed by atoms with Gasteiger partial charge in [-0.25, -0.2) is 9.37 Å². The first-order chi connectivity index (χ1) is 10.6. The van der Waals surface area contributed by atoms with Crippen molar-refractivity contribution in [2.45, 2.75) is 26.0 Å². The van der Waals surface area contributed by atoms with E-state index >= 15 is 0 Å². The molecule has 0 amide bonds. The molecule has 0 spiro atoms. The number of hydrogen-bond donors (Lipinski definition) is 1. The number of benzene rings is 2. The molecule has 1 N–H and O–H groups in total. The van der Waals surface area contributed by atoms with Crippen molar-refractivity contribution >= 4 is 22.6 Å². The van der Waals surface area contributed by atoms with Crippen LogP contribution in [0.25, 0.3) is 11.0 Å². The van der Waals surface area contributed by atoms with Crippen LogP contribution in [0.15, 0.2) is 42.5 Å². The lowest BCUT2D eigenvalue weighted by Crippen LogP contribution is -2.10. The quantitative estimate of drug-likeness (QED) is 0.778. The molecule has 0 saturated heterocycles. The molecule has 0 fully saturated rings. The lowest BCUT2D eigenvalue weighted by Gasteiger charge is -2.14. The molecule has 0 aliphatic heterocycles. The molecular weight excluding hydrogens is 303 g/mol. The van der Waals surface area contributed by atoms with Crippen LogP contribution in [-0.2, 0) is 6.54 Å². The fourth-order valence-corrected chi connectivity index (χ4v) is 2.76. The molecule has 3 aromatic rings. The monoisotopic (exact) mass is 318 g/mol. The van der Waals surface area contributed by atoms with Crippen LogP contribution >= 0.6 is 11.6 Å². The predicted molar refractivity (Wildman–Crippen MR) is 85.5 cm³/mol. The van der Waals surface area contributed by atoms with Crippen LogP contribution in [0.5, 0.6) is 0 Å². The first-order valence-corrected chi connectivity index (χ1v) is 7.55. The van der Waals surface area contributed by atoms with E-state index in [0.717, 1.165) is 11.0 Å². The molecule has 1 heterocycles. The van der Waals surface area contributed by atoms with Crippen molar-refractivity contribution in [1.82, 2.24) is 9.55 Å². The summed E-state index contributed by atoms with van der Waals surface area (Å²) < 4.78 is 15.9. The van der Waals surface area contributed by atoms with Gasteiger partial charge in [-0.3, -0.25) is 0 Å². The van der Waals surface area contributed by atoms with Crippen LogP contribution in [0.1, 0.15) is 30.8 Å². The molecule has 3 nitrogen and oxygen atoms in total. The number of aliphatic hydroxyl groups excluding tert-OH is 1. The Balaban J connectivity index is 2.16. The molecule has 1 aromatic heterocycles. The molecule has 0 unspecified atom stereocenters. The molecule has 1 atom stereocenters. The van der Waals surface area contributed by atoms with Crippen molar-refractivity contribution in [3.63, 3.8) is 0 Å². The average Bonchev–Trinajstić information content (AvgIpc) is 2.89. The molecule has 0 aliphatic carbocycles. The average molecular weight is 319 g/mol. The zero-order valence-electron chi connectivity index (χ0n) is 12.1. The van der Waals surface area contributed by atoms with E-state index in [2.05, 4.69) is 4.98 Å². The standard InChI is InChI=1S/C17H16ClFN2O/c1-2-16(22)17-20-14-8-3-4-9-15(14)21(17)10-11-12(18)6-5-7-13(11)19/h3-9,16,22H,2,10H2,1H3/t16-/m0/s1. The molecule has 2 aromatic carbocycles. The van der Waals surface area contributed by atoms with Gasteiger partial charge in [0.2, 0.25) is 0 Å². The maximum Gasteiger partial charge on any atom is 0.139 e. The van der Waals surface area contributed by atoms with Gasteiger partial charge in [-0.15, -0.1) is 0 Å². The van der Waals surface area contributed by atoms with E-state index in [0.29, 0.717) is 22.8 Å². The predicted octanol–water partition coefficient (Wildman–Crippen LogP) is 4.32. The maximum atomic E-state index is 14.1. The smallest absolute Gasteiger partial charge is 0.139 e. The second kappa shape index (κ2) is 6.07. The van der Waals surface area contributed by atoms with Crippen LogP contribution in [0.4, 0.5) is 4.39 Å². The lowest BCUT2D eigenvalue weighted by molar-refractivity contribution is 0.160. The molecule has 114 valence electrons. The molecule has 3 rings (SSSR count). The van der Waals surface area contributed by atoms with Crippen molar-refractivity contribution < 1.29 is 9.50 Å². The van der Waals surface area contributed by atoms with E-state index in [1.165, 1.54) is 6.07 Å². The van der Waals surface area contributed by atoms with Crippen LogP contribution in [-0.4, -0.2) is 14.7 Å². The van der Waals surface area contributed by atoms with Crippen molar-refractivity contribution in [3.05, 3.63) is 64.7 Å². The molecule has 0 radical (unpaired) electrons. The highest BCUT2D eigenvalue weighted by Gasteiger charge is 2.18. The third kappa shape index (κ3) is 2.60. The number of para-hydroxylation sites is 2. The highest BCUT2D eigenvalue weighted by atomic mass is 35.5. The molecule has 0 saturated carbocycles. The topological polar surface area (TPSA) is 38.1 Å². The number of halogens is 2. The summed E-state index contributed by atoms with van der Waals surface area (Å²) in [4.78, 5) is 4.49. The summed E-state index contributed by atoms with van der Waals surface area (Å²) in [5, 5.41) is 10.6. The number of rotatable bonds is 4. The van der Waals surface area contributed by atoms with Crippen molar-refractivity contribution in [3.8, 4) is 0 Å². The summed E-state index contributed by atoms with van der Waals surface area (Å²) in [6.07, 6.45) is -0.160. The molecule has 0 bridgehead atoms. The van der Waals surface area contributed by atoms with E-state index in [9.17, 15) is 9.50 Å². The summed E-state index contributed by atoms with van der Waals surface area (Å²) >= 11 is 6.13. The number of hydrogen-bond acceptors (Lipinski definition) is 2. The van der Waals surface area contributed by atoms with Crippen molar-refractivity contribution in [2.75, 3.05) is 0 Å². The Bertz CT molecular complexity index is 795. The van der Waals surface area contributed by atoms with E-state index in [-0.39, 0.29) is 12.4 Å². The fraction of sp³-hybridized carbons (Fsp3) is 0.235. The summed E-state index contributed by atoms with van der Waals surface area (Å²) in [5.74, 6) is 0.172. The number of nitrogens with zero attached hydrogens (tertiary/aromatic N) is 2. The molecule has 22 heavy (non-hydrogen) atoms. The largest absolute Gasteiger partial charge is 0.385 e. The van der Waals surface area contributed by atoms with E-state index in [1.54, 1.807) is 12.1 Å². The van der Waals surface area contributed by atoms with Gasteiger partial charge in [0, 0.05) is 10.6 Å². The van der Waals surface area contributed by atoms with Crippen LogP contribution in [0, 0.1) is 5.82 Å². The first-order valence-electron chi connectivity index (χ1n) is 7.18. The second-order valence-electron chi connectivity index (χ2n) is 5.17. The van der Waals surface area contributed by atoms with Crippen molar-refractivity contribution in [2.24, 2.45) is 0 Å². The zero-order valence-corrected chi connectivity index (χ0v) is 12.9. The van der Waals surface area contributed by atoms with Gasteiger partial charge in [-0.1, -0.05) is 36.7 Å². The van der Waals surface area contributed by atoms with E-state index in [4.69, 9.17) is 11.6 Å². The Labute approximate surface area is 133 Å². The Morgan fingerprint density at radius 1 is 1.23 bits per heavy atom. The highest BCUT2D eigenvalue weighted by molar-refractivity contribution is 6.31. The third-order valence-corrected chi connectivity index (χ3v) is 4.10. The summed E-state index contributed by atoms with van der Waals surface area (Å²) in [7, 11) is 0. The van der Waals surface area contributed by atoms with Gasteiger partial charge >= 0.3 is 0 Å². The van der Waals surface area contributed by atoms with Crippen molar-refractivity contribution in [1.29, 1.82) is 0 Å². The molecule has 5 heteroatoms. The van der Waals surface area contributed by atoms with E-state index < -0.39 is 6.10 Å². The van der Waals surface area contributed by atoms with Gasteiger partial charge < -0.3 is 9.67 Å². The van der Waals surface area contributed by atoms with Gasteiger partial charge in [0.25, 0.3) is 0 Å². The van der Waals surface area contributed by atoms with Gasteiger partial charge in [-0.2, -0.15) is 0 Å². The van der Waals surface area contributed by atoms with Gasteiger partial charge in [0.1, 0.15) is 17.7 Å². The summed E-state index contributed by atoms with van der Waals surface area (Å²) in [6, 6.07) is 12.2.